The largest absolute Gasteiger partial charge is 0.366 e. The number of primary amides is 1. The standard InChI is InChI=1S/C14H14N6O/c1-9-5-12(20-14(19-9)17-8-18-20)16-7-10-3-2-4-11(6-10)13(15)21/h2-6,8,16H,7H2,1H3,(H2,15,21). The summed E-state index contributed by atoms with van der Waals surface area (Å²) in [4.78, 5) is 19.5. The lowest BCUT2D eigenvalue weighted by Crippen LogP contribution is -2.12. The Labute approximate surface area is 120 Å². The summed E-state index contributed by atoms with van der Waals surface area (Å²) in [5.74, 6) is 0.901. The number of rotatable bonds is 4. The van der Waals surface area contributed by atoms with Crippen LogP contribution in [0, 0.1) is 6.92 Å². The molecule has 2 heterocycles. The number of aromatic nitrogens is 4. The van der Waals surface area contributed by atoms with Gasteiger partial charge in [0.15, 0.2) is 0 Å². The molecule has 0 radical (unpaired) electrons. The van der Waals surface area contributed by atoms with Crippen LogP contribution in [-0.2, 0) is 6.54 Å². The number of benzene rings is 1. The smallest absolute Gasteiger partial charge is 0.254 e. The van der Waals surface area contributed by atoms with Crippen LogP contribution in [0.1, 0.15) is 21.6 Å². The molecule has 0 fully saturated rings. The number of carbonyl (C=O) groups is 1. The number of aryl methyl sites for hydroxylation is 1. The zero-order valence-corrected chi connectivity index (χ0v) is 11.4. The van der Waals surface area contributed by atoms with Gasteiger partial charge in [0, 0.05) is 23.9 Å². The number of hydrogen-bond donors (Lipinski definition) is 2. The molecule has 0 unspecified atom stereocenters. The van der Waals surface area contributed by atoms with Crippen molar-refractivity contribution in [1.82, 2.24) is 19.6 Å². The molecule has 106 valence electrons. The summed E-state index contributed by atoms with van der Waals surface area (Å²) in [5, 5.41) is 7.39. The highest BCUT2D eigenvalue weighted by Crippen LogP contribution is 2.12. The number of nitrogens with one attached hydrogen (secondary N) is 1. The molecule has 0 aliphatic carbocycles. The Morgan fingerprint density at radius 1 is 1.38 bits per heavy atom. The fourth-order valence-corrected chi connectivity index (χ4v) is 2.08. The number of fused-ring (bicyclic) bond motifs is 1. The number of nitrogens with two attached hydrogens (primary N) is 1. The lowest BCUT2D eigenvalue weighted by Gasteiger charge is -2.09. The first-order chi connectivity index (χ1) is 10.1. The topological polar surface area (TPSA) is 98.2 Å². The molecule has 0 bridgehead atoms. The Bertz CT molecular complexity index is 810. The van der Waals surface area contributed by atoms with Crippen molar-refractivity contribution in [3.8, 4) is 0 Å². The highest BCUT2D eigenvalue weighted by Gasteiger charge is 2.06. The van der Waals surface area contributed by atoms with Gasteiger partial charge in [-0.2, -0.15) is 14.6 Å². The van der Waals surface area contributed by atoms with Crippen molar-refractivity contribution in [2.45, 2.75) is 13.5 Å². The van der Waals surface area contributed by atoms with Crippen LogP contribution in [0.2, 0.25) is 0 Å². The van der Waals surface area contributed by atoms with Crippen LogP contribution < -0.4 is 11.1 Å². The van der Waals surface area contributed by atoms with Gasteiger partial charge in [-0.1, -0.05) is 12.1 Å². The third-order valence-electron chi connectivity index (χ3n) is 3.07. The number of amides is 1. The zero-order valence-electron chi connectivity index (χ0n) is 11.4. The first-order valence-corrected chi connectivity index (χ1v) is 6.43. The fourth-order valence-electron chi connectivity index (χ4n) is 2.08. The molecule has 7 heteroatoms. The first-order valence-electron chi connectivity index (χ1n) is 6.43. The van der Waals surface area contributed by atoms with E-state index in [1.807, 2.05) is 19.1 Å². The molecule has 3 rings (SSSR count). The summed E-state index contributed by atoms with van der Waals surface area (Å²) >= 11 is 0. The van der Waals surface area contributed by atoms with Crippen LogP contribution in [0.3, 0.4) is 0 Å². The Hall–Kier alpha value is -2.96. The predicted molar refractivity (Wildman–Crippen MR) is 77.8 cm³/mol. The van der Waals surface area contributed by atoms with Crippen molar-refractivity contribution in [3.63, 3.8) is 0 Å². The van der Waals surface area contributed by atoms with Crippen LogP contribution in [-0.4, -0.2) is 25.5 Å². The predicted octanol–water partition coefficient (Wildman–Crippen LogP) is 1.14. The summed E-state index contributed by atoms with van der Waals surface area (Å²) in [6.45, 7) is 2.44. The summed E-state index contributed by atoms with van der Waals surface area (Å²) < 4.78 is 1.63. The molecule has 7 nitrogen and oxygen atoms in total. The van der Waals surface area contributed by atoms with E-state index in [2.05, 4.69) is 20.4 Å². The molecule has 2 aromatic heterocycles. The first kappa shape index (κ1) is 13.0. The van der Waals surface area contributed by atoms with Gasteiger partial charge in [0.25, 0.3) is 5.78 Å². The van der Waals surface area contributed by atoms with E-state index in [4.69, 9.17) is 5.73 Å². The van der Waals surface area contributed by atoms with Gasteiger partial charge in [0.1, 0.15) is 12.1 Å². The normalized spacial score (nSPS) is 10.7. The Kier molecular flexibility index (Phi) is 3.23. The van der Waals surface area contributed by atoms with Gasteiger partial charge in [-0.15, -0.1) is 0 Å². The molecule has 0 aliphatic rings. The highest BCUT2D eigenvalue weighted by molar-refractivity contribution is 5.92. The van der Waals surface area contributed by atoms with E-state index in [0.29, 0.717) is 17.9 Å². The van der Waals surface area contributed by atoms with Crippen molar-refractivity contribution in [3.05, 3.63) is 53.5 Å². The second-order valence-electron chi connectivity index (χ2n) is 4.67. The maximum Gasteiger partial charge on any atom is 0.254 e. The van der Waals surface area contributed by atoms with Gasteiger partial charge in [-0.25, -0.2) is 4.98 Å². The summed E-state index contributed by atoms with van der Waals surface area (Å²) in [6, 6.07) is 9.07. The Morgan fingerprint density at radius 2 is 2.24 bits per heavy atom. The molecule has 0 atom stereocenters. The monoisotopic (exact) mass is 282 g/mol. The molecule has 3 N–H and O–H groups in total. The Morgan fingerprint density at radius 3 is 3.05 bits per heavy atom. The third-order valence-corrected chi connectivity index (χ3v) is 3.07. The number of hydrogen-bond acceptors (Lipinski definition) is 5. The molecular formula is C14H14N6O. The molecule has 0 aliphatic heterocycles. The van der Waals surface area contributed by atoms with Gasteiger partial charge in [0.2, 0.25) is 5.91 Å². The number of carbonyl (C=O) groups excluding carboxylic acids is 1. The van der Waals surface area contributed by atoms with Gasteiger partial charge in [-0.05, 0) is 24.6 Å². The van der Waals surface area contributed by atoms with Crippen LogP contribution in [0.15, 0.2) is 36.7 Å². The maximum atomic E-state index is 11.2. The maximum absolute atomic E-state index is 11.2. The Balaban J connectivity index is 1.85. The average Bonchev–Trinajstić information content (AvgIpc) is 2.93. The van der Waals surface area contributed by atoms with E-state index in [0.717, 1.165) is 17.1 Å². The SMILES string of the molecule is Cc1cc(NCc2cccc(C(N)=O)c2)n2ncnc2n1. The lowest BCUT2D eigenvalue weighted by atomic mass is 10.1. The van der Waals surface area contributed by atoms with E-state index in [-0.39, 0.29) is 0 Å². The molecule has 21 heavy (non-hydrogen) atoms. The summed E-state index contributed by atoms with van der Waals surface area (Å²) in [7, 11) is 0. The molecule has 1 amide bonds. The molecule has 0 saturated heterocycles. The van der Waals surface area contributed by atoms with Crippen molar-refractivity contribution >= 4 is 17.5 Å². The molecule has 3 aromatic rings. The van der Waals surface area contributed by atoms with Crippen molar-refractivity contribution in [1.29, 1.82) is 0 Å². The van der Waals surface area contributed by atoms with E-state index >= 15 is 0 Å². The molecule has 1 aromatic carbocycles. The quantitative estimate of drug-likeness (QED) is 0.747. The average molecular weight is 282 g/mol. The van der Waals surface area contributed by atoms with Crippen molar-refractivity contribution < 1.29 is 4.79 Å². The minimum Gasteiger partial charge on any atom is -0.366 e. The highest BCUT2D eigenvalue weighted by atomic mass is 16.1. The van der Waals surface area contributed by atoms with E-state index < -0.39 is 5.91 Å². The van der Waals surface area contributed by atoms with Crippen molar-refractivity contribution in [2.75, 3.05) is 5.32 Å². The van der Waals surface area contributed by atoms with Crippen LogP contribution in [0.5, 0.6) is 0 Å². The zero-order chi connectivity index (χ0) is 14.8. The second kappa shape index (κ2) is 5.20. The lowest BCUT2D eigenvalue weighted by molar-refractivity contribution is 0.1000. The van der Waals surface area contributed by atoms with Crippen LogP contribution in [0.4, 0.5) is 5.82 Å². The third kappa shape index (κ3) is 2.66. The van der Waals surface area contributed by atoms with Crippen LogP contribution in [0.25, 0.3) is 5.78 Å². The fraction of sp³-hybridized carbons (Fsp3) is 0.143. The minimum absolute atomic E-state index is 0.435. The molecule has 0 spiro atoms. The van der Waals surface area contributed by atoms with Gasteiger partial charge in [0.05, 0.1) is 0 Å². The second-order valence-corrected chi connectivity index (χ2v) is 4.67. The molecular weight excluding hydrogens is 268 g/mol. The number of nitrogens with zero attached hydrogens (tertiary/aromatic N) is 4. The number of anilines is 1. The van der Waals surface area contributed by atoms with E-state index in [1.165, 1.54) is 6.33 Å². The van der Waals surface area contributed by atoms with Gasteiger partial charge >= 0.3 is 0 Å². The van der Waals surface area contributed by atoms with Gasteiger partial charge < -0.3 is 11.1 Å². The van der Waals surface area contributed by atoms with Crippen molar-refractivity contribution in [2.24, 2.45) is 5.73 Å². The summed E-state index contributed by atoms with van der Waals surface area (Å²) in [6.07, 6.45) is 1.46. The van der Waals surface area contributed by atoms with E-state index in [1.54, 1.807) is 22.7 Å². The van der Waals surface area contributed by atoms with Gasteiger partial charge in [-0.3, -0.25) is 4.79 Å². The minimum atomic E-state index is -0.435. The van der Waals surface area contributed by atoms with E-state index in [9.17, 15) is 4.79 Å². The summed E-state index contributed by atoms with van der Waals surface area (Å²) in [5.41, 5.74) is 7.58. The molecule has 0 saturated carbocycles. The van der Waals surface area contributed by atoms with Crippen LogP contribution >= 0.6 is 0 Å².